The maximum Gasteiger partial charge on any atom is 0.423 e. The molecule has 0 bridgehead atoms. The number of fused-ring (bicyclic) bond motifs is 1. The fourth-order valence-electron chi connectivity index (χ4n) is 3.60. The van der Waals surface area contributed by atoms with Crippen LogP contribution in [0.5, 0.6) is 5.88 Å². The zero-order valence-corrected chi connectivity index (χ0v) is 17.8. The molecule has 10 heteroatoms. The van der Waals surface area contributed by atoms with Gasteiger partial charge in [0.25, 0.3) is 0 Å². The lowest BCUT2D eigenvalue weighted by molar-refractivity contribution is -0.269. The van der Waals surface area contributed by atoms with Crippen LogP contribution in [0.4, 0.5) is 17.6 Å². The van der Waals surface area contributed by atoms with Gasteiger partial charge in [-0.15, -0.1) is 5.10 Å². The van der Waals surface area contributed by atoms with E-state index in [9.17, 15) is 22.7 Å². The molecule has 6 nitrogen and oxygen atoms in total. The van der Waals surface area contributed by atoms with Gasteiger partial charge in [0.1, 0.15) is 11.5 Å². The van der Waals surface area contributed by atoms with E-state index in [2.05, 4.69) is 15.3 Å². The van der Waals surface area contributed by atoms with Crippen LogP contribution in [0.25, 0.3) is 22.0 Å². The van der Waals surface area contributed by atoms with Crippen LogP contribution in [0.3, 0.4) is 0 Å². The van der Waals surface area contributed by atoms with Crippen molar-refractivity contribution >= 4 is 10.9 Å². The fraction of sp³-hybridized carbons (Fsp3) is 0.261. The summed E-state index contributed by atoms with van der Waals surface area (Å²) in [5, 5.41) is 18.2. The third-order valence-electron chi connectivity index (χ3n) is 5.50. The molecule has 0 aliphatic carbocycles. The summed E-state index contributed by atoms with van der Waals surface area (Å²) in [6.07, 6.45) is -4.37. The maximum absolute atomic E-state index is 13.4. The predicted molar refractivity (Wildman–Crippen MR) is 113 cm³/mol. The molecule has 4 rings (SSSR count). The normalized spacial score (nSPS) is 13.8. The molecule has 172 valence electrons. The zero-order valence-electron chi connectivity index (χ0n) is 17.8. The minimum absolute atomic E-state index is 0.116. The van der Waals surface area contributed by atoms with E-state index in [-0.39, 0.29) is 12.4 Å². The number of benzene rings is 2. The number of aromatic nitrogens is 4. The summed E-state index contributed by atoms with van der Waals surface area (Å²) in [4.78, 5) is 4.46. The summed E-state index contributed by atoms with van der Waals surface area (Å²) in [5.41, 5.74) is -0.750. The van der Waals surface area contributed by atoms with Crippen LogP contribution in [-0.4, -0.2) is 38.4 Å². The van der Waals surface area contributed by atoms with Crippen LogP contribution < -0.4 is 4.74 Å². The van der Waals surface area contributed by atoms with Gasteiger partial charge in [-0.25, -0.2) is 14.1 Å². The summed E-state index contributed by atoms with van der Waals surface area (Å²) in [5.74, 6) is 0.0132. The summed E-state index contributed by atoms with van der Waals surface area (Å²) in [6, 6.07) is 13.2. The van der Waals surface area contributed by atoms with Crippen LogP contribution in [0.2, 0.25) is 0 Å². The summed E-state index contributed by atoms with van der Waals surface area (Å²) >= 11 is 0. The first-order valence-electron chi connectivity index (χ1n) is 10.1. The molecular formula is C23H20F4N4O2. The van der Waals surface area contributed by atoms with Crippen molar-refractivity contribution in [3.05, 3.63) is 71.8 Å². The van der Waals surface area contributed by atoms with Crippen LogP contribution in [0, 0.1) is 5.82 Å². The van der Waals surface area contributed by atoms with Crippen molar-refractivity contribution in [3.63, 3.8) is 0 Å². The van der Waals surface area contributed by atoms with Crippen molar-refractivity contribution < 1.29 is 27.4 Å². The Morgan fingerprint density at radius 1 is 1.06 bits per heavy atom. The van der Waals surface area contributed by atoms with Crippen molar-refractivity contribution in [1.82, 2.24) is 20.0 Å². The Balaban J connectivity index is 1.70. The fourth-order valence-corrected chi connectivity index (χ4v) is 3.60. The van der Waals surface area contributed by atoms with Gasteiger partial charge >= 0.3 is 6.18 Å². The third-order valence-corrected chi connectivity index (χ3v) is 5.50. The van der Waals surface area contributed by atoms with Crippen LogP contribution in [0.15, 0.2) is 54.7 Å². The first-order valence-corrected chi connectivity index (χ1v) is 10.1. The first-order chi connectivity index (χ1) is 15.6. The van der Waals surface area contributed by atoms with Crippen molar-refractivity contribution in [2.24, 2.45) is 0 Å². The van der Waals surface area contributed by atoms with E-state index in [4.69, 9.17) is 4.74 Å². The van der Waals surface area contributed by atoms with Gasteiger partial charge in [-0.2, -0.15) is 13.2 Å². The van der Waals surface area contributed by atoms with Gasteiger partial charge in [-0.1, -0.05) is 36.4 Å². The molecule has 0 fully saturated rings. The third kappa shape index (κ3) is 4.25. The average Bonchev–Trinajstić information content (AvgIpc) is 3.26. The molecule has 2 aromatic carbocycles. The second kappa shape index (κ2) is 8.43. The summed E-state index contributed by atoms with van der Waals surface area (Å²) in [7, 11) is 1.49. The lowest BCUT2D eigenvalue weighted by Crippen LogP contribution is -2.42. The number of nitrogens with zero attached hydrogens (tertiary/aromatic N) is 4. The number of halogens is 4. The van der Waals surface area contributed by atoms with Crippen molar-refractivity contribution in [2.75, 3.05) is 7.11 Å². The number of pyridine rings is 1. The van der Waals surface area contributed by atoms with Crippen molar-refractivity contribution in [1.29, 1.82) is 0 Å². The van der Waals surface area contributed by atoms with Gasteiger partial charge in [0.15, 0.2) is 0 Å². The van der Waals surface area contributed by atoms with E-state index in [0.717, 1.165) is 22.7 Å². The van der Waals surface area contributed by atoms with Crippen LogP contribution in [0.1, 0.15) is 24.6 Å². The van der Waals surface area contributed by atoms with Gasteiger partial charge < -0.3 is 9.84 Å². The molecule has 0 saturated carbocycles. The smallest absolute Gasteiger partial charge is 0.423 e. The number of alkyl halides is 3. The number of rotatable bonds is 6. The Morgan fingerprint density at radius 2 is 1.79 bits per heavy atom. The van der Waals surface area contributed by atoms with E-state index in [1.807, 2.05) is 6.07 Å². The first kappa shape index (κ1) is 22.7. The lowest BCUT2D eigenvalue weighted by Gasteiger charge is -2.26. The number of aliphatic hydroxyl groups is 1. The van der Waals surface area contributed by atoms with E-state index < -0.39 is 23.9 Å². The quantitative estimate of drug-likeness (QED) is 0.417. The monoisotopic (exact) mass is 460 g/mol. The maximum atomic E-state index is 13.4. The highest BCUT2D eigenvalue weighted by atomic mass is 19.4. The molecule has 0 saturated heterocycles. The molecule has 2 heterocycles. The van der Waals surface area contributed by atoms with Gasteiger partial charge in [-0.3, -0.25) is 0 Å². The Bertz CT molecular complexity index is 1290. The molecule has 0 radical (unpaired) electrons. The molecule has 4 aromatic rings. The van der Waals surface area contributed by atoms with Gasteiger partial charge in [0, 0.05) is 11.5 Å². The largest absolute Gasteiger partial charge is 0.481 e. The van der Waals surface area contributed by atoms with Crippen molar-refractivity contribution in [2.45, 2.75) is 31.7 Å². The summed E-state index contributed by atoms with van der Waals surface area (Å²) < 4.78 is 59.8. The Labute approximate surface area is 186 Å². The minimum atomic E-state index is -4.87. The zero-order chi connectivity index (χ0) is 23.8. The molecule has 0 aliphatic rings. The molecular weight excluding hydrogens is 440 g/mol. The Morgan fingerprint density at radius 3 is 2.42 bits per heavy atom. The molecule has 1 unspecified atom stereocenters. The van der Waals surface area contributed by atoms with Crippen molar-refractivity contribution in [3.8, 4) is 17.0 Å². The van der Waals surface area contributed by atoms with E-state index in [1.165, 1.54) is 30.8 Å². The Kier molecular flexibility index (Phi) is 5.79. The van der Waals surface area contributed by atoms with E-state index in [0.29, 0.717) is 17.0 Å². The van der Waals surface area contributed by atoms with Crippen LogP contribution >= 0.6 is 0 Å². The van der Waals surface area contributed by atoms with E-state index >= 15 is 0 Å². The molecule has 0 aliphatic heterocycles. The summed E-state index contributed by atoms with van der Waals surface area (Å²) in [6.45, 7) is 1.35. The standard InChI is InChI=1S/C23H20F4N4O2/c1-3-22(32,23(25,26)27)20-13-31(30-29-20)12-14-4-9-17-18(15-5-7-16(24)8-6-15)11-21(33-2)28-19(17)10-14/h4-11,13,32H,3,12H2,1-2H3. The molecule has 1 atom stereocenters. The molecule has 33 heavy (non-hydrogen) atoms. The average molecular weight is 460 g/mol. The molecule has 0 amide bonds. The number of hydrogen-bond donors (Lipinski definition) is 1. The van der Waals surface area contributed by atoms with Crippen LogP contribution in [-0.2, 0) is 12.1 Å². The molecule has 2 aromatic heterocycles. The molecule has 0 spiro atoms. The minimum Gasteiger partial charge on any atom is -0.481 e. The number of ether oxygens (including phenoxy) is 1. The van der Waals surface area contributed by atoms with Gasteiger partial charge in [0.05, 0.1) is 25.4 Å². The highest BCUT2D eigenvalue weighted by Gasteiger charge is 2.55. The highest BCUT2D eigenvalue weighted by molar-refractivity contribution is 5.95. The second-order valence-corrected chi connectivity index (χ2v) is 7.58. The van der Waals surface area contributed by atoms with Gasteiger partial charge in [-0.05, 0) is 41.3 Å². The topological polar surface area (TPSA) is 73.1 Å². The van der Waals surface area contributed by atoms with Gasteiger partial charge in [0.2, 0.25) is 11.5 Å². The lowest BCUT2D eigenvalue weighted by atomic mass is 9.96. The Hall–Kier alpha value is -3.53. The second-order valence-electron chi connectivity index (χ2n) is 7.58. The van der Waals surface area contributed by atoms with E-state index in [1.54, 1.807) is 30.3 Å². The highest BCUT2D eigenvalue weighted by Crippen LogP contribution is 2.40. The number of hydrogen-bond acceptors (Lipinski definition) is 5. The molecule has 1 N–H and O–H groups in total. The number of methoxy groups -OCH3 is 1. The SMILES string of the molecule is CCC(O)(c1cn(Cc2ccc3c(-c4ccc(F)cc4)cc(OC)nc3c2)nn1)C(F)(F)F. The predicted octanol–water partition coefficient (Wildman–Crippen LogP) is 4.85.